The highest BCUT2D eigenvalue weighted by atomic mass is 16.5. The Morgan fingerprint density at radius 1 is 1.00 bits per heavy atom. The number of amides is 1. The van der Waals surface area contributed by atoms with E-state index in [1.54, 1.807) is 0 Å². The lowest BCUT2D eigenvalue weighted by molar-refractivity contribution is -0.0352. The van der Waals surface area contributed by atoms with E-state index < -0.39 is 0 Å². The zero-order valence-corrected chi connectivity index (χ0v) is 19.2. The first kappa shape index (κ1) is 23.5. The van der Waals surface area contributed by atoms with Crippen LogP contribution in [0, 0.1) is 0 Å². The normalized spacial score (nSPS) is 19.6. The minimum absolute atomic E-state index is 0.0338. The van der Waals surface area contributed by atoms with Gasteiger partial charge in [-0.1, -0.05) is 31.4 Å². The van der Waals surface area contributed by atoms with Crippen LogP contribution >= 0.6 is 0 Å². The number of carbonyl (C=O) groups excluding carboxylic acids is 1. The summed E-state index contributed by atoms with van der Waals surface area (Å²) in [7, 11) is 0. The van der Waals surface area contributed by atoms with Gasteiger partial charge in [-0.05, 0) is 44.4 Å². The third-order valence-electron chi connectivity index (χ3n) is 6.37. The first-order chi connectivity index (χ1) is 15.2. The standard InChI is InChI=1S/C24H39N5O2/c1-3-25-22(30)21-10-8-20(9-11-21)18-27-23(26-4-2)28-19-24(12-6-5-7-13-24)29-14-16-31-17-15-29/h8-11H,3-7,12-19H2,1-2H3,(H,25,30)(H2,26,27,28). The van der Waals surface area contributed by atoms with E-state index in [4.69, 9.17) is 9.73 Å². The maximum atomic E-state index is 11.9. The molecule has 3 rings (SSSR count). The number of hydrogen-bond donors (Lipinski definition) is 3. The SMILES string of the molecule is CCNC(=O)c1ccc(CN=C(NCC)NCC2(N3CCOCC3)CCCCC2)cc1. The van der Waals surface area contributed by atoms with Gasteiger partial charge in [0.2, 0.25) is 0 Å². The quantitative estimate of drug-likeness (QED) is 0.437. The van der Waals surface area contributed by atoms with Crippen molar-refractivity contribution in [3.8, 4) is 0 Å². The van der Waals surface area contributed by atoms with Crippen molar-refractivity contribution in [3.05, 3.63) is 35.4 Å². The van der Waals surface area contributed by atoms with Crippen LogP contribution in [0.5, 0.6) is 0 Å². The van der Waals surface area contributed by atoms with Gasteiger partial charge >= 0.3 is 0 Å². The van der Waals surface area contributed by atoms with Gasteiger partial charge in [-0.25, -0.2) is 4.99 Å². The minimum atomic E-state index is -0.0338. The first-order valence-corrected chi connectivity index (χ1v) is 11.9. The van der Waals surface area contributed by atoms with Crippen LogP contribution in [-0.4, -0.2) is 68.2 Å². The lowest BCUT2D eigenvalue weighted by atomic mass is 9.80. The van der Waals surface area contributed by atoms with Gasteiger partial charge in [-0.2, -0.15) is 0 Å². The van der Waals surface area contributed by atoms with Gasteiger partial charge in [0.1, 0.15) is 0 Å². The molecule has 0 atom stereocenters. The van der Waals surface area contributed by atoms with Gasteiger partial charge in [0.15, 0.2) is 5.96 Å². The van der Waals surface area contributed by atoms with Gasteiger partial charge < -0.3 is 20.7 Å². The fourth-order valence-corrected chi connectivity index (χ4v) is 4.64. The van der Waals surface area contributed by atoms with Gasteiger partial charge in [-0.3, -0.25) is 9.69 Å². The summed E-state index contributed by atoms with van der Waals surface area (Å²) < 4.78 is 5.60. The number of guanidine groups is 1. The van der Waals surface area contributed by atoms with E-state index in [1.807, 2.05) is 31.2 Å². The Hall–Kier alpha value is -2.12. The van der Waals surface area contributed by atoms with Crippen molar-refractivity contribution >= 4 is 11.9 Å². The molecule has 172 valence electrons. The average molecular weight is 430 g/mol. The molecule has 1 aromatic rings. The molecule has 1 heterocycles. The number of rotatable bonds is 8. The molecule has 1 aromatic carbocycles. The van der Waals surface area contributed by atoms with Gasteiger partial charge in [0.05, 0.1) is 19.8 Å². The Morgan fingerprint density at radius 2 is 1.68 bits per heavy atom. The molecule has 1 amide bonds. The van der Waals surface area contributed by atoms with Gasteiger partial charge in [-0.15, -0.1) is 0 Å². The van der Waals surface area contributed by atoms with Crippen molar-refractivity contribution in [1.29, 1.82) is 0 Å². The van der Waals surface area contributed by atoms with Crippen molar-refractivity contribution in [1.82, 2.24) is 20.9 Å². The summed E-state index contributed by atoms with van der Waals surface area (Å²) in [5, 5.41) is 9.86. The number of nitrogens with zero attached hydrogens (tertiary/aromatic N) is 2. The molecule has 2 fully saturated rings. The molecule has 1 aliphatic carbocycles. The Morgan fingerprint density at radius 3 is 2.32 bits per heavy atom. The van der Waals surface area contributed by atoms with Crippen molar-refractivity contribution in [2.45, 2.75) is 58.0 Å². The molecule has 0 aromatic heterocycles. The highest BCUT2D eigenvalue weighted by molar-refractivity contribution is 5.94. The van der Waals surface area contributed by atoms with Gasteiger partial charge in [0.25, 0.3) is 5.91 Å². The third kappa shape index (κ3) is 6.68. The predicted molar refractivity (Wildman–Crippen MR) is 125 cm³/mol. The lowest BCUT2D eigenvalue weighted by Crippen LogP contribution is -2.60. The minimum Gasteiger partial charge on any atom is -0.379 e. The summed E-state index contributed by atoms with van der Waals surface area (Å²) in [5.41, 5.74) is 1.97. The van der Waals surface area contributed by atoms with Crippen molar-refractivity contribution in [2.75, 3.05) is 45.9 Å². The molecule has 7 nitrogen and oxygen atoms in total. The molecule has 7 heteroatoms. The summed E-state index contributed by atoms with van der Waals surface area (Å²) in [6, 6.07) is 7.69. The maximum absolute atomic E-state index is 11.9. The van der Waals surface area contributed by atoms with Crippen molar-refractivity contribution in [3.63, 3.8) is 0 Å². The molecule has 0 spiro atoms. The number of ether oxygens (including phenoxy) is 1. The van der Waals surface area contributed by atoms with E-state index in [-0.39, 0.29) is 11.4 Å². The fourth-order valence-electron chi connectivity index (χ4n) is 4.64. The second-order valence-corrected chi connectivity index (χ2v) is 8.49. The highest BCUT2D eigenvalue weighted by Crippen LogP contribution is 2.33. The largest absolute Gasteiger partial charge is 0.379 e. The van der Waals surface area contributed by atoms with E-state index in [2.05, 4.69) is 27.8 Å². The number of aliphatic imine (C=N–C) groups is 1. The smallest absolute Gasteiger partial charge is 0.251 e. The van der Waals surface area contributed by atoms with E-state index in [1.165, 1.54) is 32.1 Å². The first-order valence-electron chi connectivity index (χ1n) is 11.9. The molecule has 31 heavy (non-hydrogen) atoms. The third-order valence-corrected chi connectivity index (χ3v) is 6.37. The molecule has 1 aliphatic heterocycles. The molecule has 3 N–H and O–H groups in total. The second kappa shape index (κ2) is 12.1. The second-order valence-electron chi connectivity index (χ2n) is 8.49. The van der Waals surface area contributed by atoms with Crippen LogP contribution in [0.1, 0.15) is 61.9 Å². The molecule has 0 unspecified atom stereocenters. The average Bonchev–Trinajstić information content (AvgIpc) is 2.82. The zero-order chi connectivity index (χ0) is 21.9. The summed E-state index contributed by atoms with van der Waals surface area (Å²) in [6.45, 7) is 10.7. The van der Waals surface area contributed by atoms with Gasteiger partial charge in [0, 0.05) is 43.8 Å². The molecular weight excluding hydrogens is 390 g/mol. The molecule has 1 saturated carbocycles. The van der Waals surface area contributed by atoms with Crippen LogP contribution in [-0.2, 0) is 11.3 Å². The van der Waals surface area contributed by atoms with E-state index in [9.17, 15) is 4.79 Å². The van der Waals surface area contributed by atoms with E-state index in [0.717, 1.165) is 50.9 Å². The number of benzene rings is 1. The molecule has 0 bridgehead atoms. The summed E-state index contributed by atoms with van der Waals surface area (Å²) >= 11 is 0. The Labute approximate surface area is 187 Å². The predicted octanol–water partition coefficient (Wildman–Crippen LogP) is 2.53. The topological polar surface area (TPSA) is 78.0 Å². The monoisotopic (exact) mass is 429 g/mol. The highest BCUT2D eigenvalue weighted by Gasteiger charge is 2.38. The number of carbonyl (C=O) groups is 1. The van der Waals surface area contributed by atoms with Crippen LogP contribution in [0.3, 0.4) is 0 Å². The van der Waals surface area contributed by atoms with E-state index >= 15 is 0 Å². The van der Waals surface area contributed by atoms with Crippen LogP contribution in [0.4, 0.5) is 0 Å². The van der Waals surface area contributed by atoms with Crippen LogP contribution in [0.2, 0.25) is 0 Å². The van der Waals surface area contributed by atoms with Crippen LogP contribution < -0.4 is 16.0 Å². The number of hydrogen-bond acceptors (Lipinski definition) is 4. The molecule has 1 saturated heterocycles. The van der Waals surface area contributed by atoms with Crippen LogP contribution in [0.25, 0.3) is 0 Å². The Balaban J connectivity index is 1.62. The molecular formula is C24H39N5O2. The molecule has 0 radical (unpaired) electrons. The fraction of sp³-hybridized carbons (Fsp3) is 0.667. The molecule has 2 aliphatic rings. The Bertz CT molecular complexity index is 707. The maximum Gasteiger partial charge on any atom is 0.251 e. The lowest BCUT2D eigenvalue weighted by Gasteiger charge is -2.48. The summed E-state index contributed by atoms with van der Waals surface area (Å²) in [6.07, 6.45) is 6.41. The van der Waals surface area contributed by atoms with E-state index in [0.29, 0.717) is 18.7 Å². The van der Waals surface area contributed by atoms with Crippen molar-refractivity contribution in [2.24, 2.45) is 4.99 Å². The van der Waals surface area contributed by atoms with Crippen LogP contribution in [0.15, 0.2) is 29.3 Å². The summed E-state index contributed by atoms with van der Waals surface area (Å²) in [5.74, 6) is 0.821. The Kier molecular flexibility index (Phi) is 9.15. The summed E-state index contributed by atoms with van der Waals surface area (Å²) in [4.78, 5) is 19.4. The number of morpholine rings is 1. The van der Waals surface area contributed by atoms with Crippen molar-refractivity contribution < 1.29 is 9.53 Å². The number of nitrogens with one attached hydrogen (secondary N) is 3. The zero-order valence-electron chi connectivity index (χ0n) is 19.2.